The number of likely N-dealkylation sites (tertiary alicyclic amines) is 1. The molecule has 2 atom stereocenters. The summed E-state index contributed by atoms with van der Waals surface area (Å²) in [6.45, 7) is 2.22. The van der Waals surface area contributed by atoms with Crippen molar-refractivity contribution in [3.63, 3.8) is 0 Å². The van der Waals surface area contributed by atoms with E-state index < -0.39 is 6.09 Å². The number of carbonyl (C=O) groups is 1. The van der Waals surface area contributed by atoms with Crippen LogP contribution in [0.15, 0.2) is 0 Å². The van der Waals surface area contributed by atoms with E-state index in [-0.39, 0.29) is 0 Å². The van der Waals surface area contributed by atoms with Crippen molar-refractivity contribution in [1.29, 1.82) is 0 Å². The van der Waals surface area contributed by atoms with Crippen LogP contribution in [0.4, 0.5) is 4.79 Å². The summed E-state index contributed by atoms with van der Waals surface area (Å²) in [6.07, 6.45) is 0.302. The topological polar surface area (TPSA) is 66.6 Å². The van der Waals surface area contributed by atoms with E-state index in [1.165, 1.54) is 4.90 Å². The summed E-state index contributed by atoms with van der Waals surface area (Å²) in [5.74, 6) is 1.99. The van der Waals surface area contributed by atoms with E-state index in [0.29, 0.717) is 11.8 Å². The third-order valence-corrected chi connectivity index (χ3v) is 3.14. The first kappa shape index (κ1) is 7.86. The Balaban J connectivity index is 1.82. The van der Waals surface area contributed by atoms with Gasteiger partial charge in [-0.15, -0.1) is 0 Å². The largest absolute Gasteiger partial charge is 0.465 e. The maximum absolute atomic E-state index is 10.5. The lowest BCUT2D eigenvalue weighted by Crippen LogP contribution is -2.30. The SMILES string of the molecule is NCCC1C2CN(C(=O)O)CC12. The highest BCUT2D eigenvalue weighted by molar-refractivity contribution is 5.65. The molecule has 0 aromatic carbocycles. The van der Waals surface area contributed by atoms with Crippen LogP contribution in [0.2, 0.25) is 0 Å². The van der Waals surface area contributed by atoms with Gasteiger partial charge in [0.25, 0.3) is 0 Å². The van der Waals surface area contributed by atoms with E-state index >= 15 is 0 Å². The van der Waals surface area contributed by atoms with Crippen molar-refractivity contribution in [3.05, 3.63) is 0 Å². The number of fused-ring (bicyclic) bond motifs is 1. The zero-order valence-corrected chi connectivity index (χ0v) is 6.94. The monoisotopic (exact) mass is 170 g/mol. The lowest BCUT2D eigenvalue weighted by Gasteiger charge is -2.15. The number of rotatable bonds is 2. The van der Waals surface area contributed by atoms with Crippen molar-refractivity contribution in [2.24, 2.45) is 23.5 Å². The highest BCUT2D eigenvalue weighted by Crippen LogP contribution is 2.53. The lowest BCUT2D eigenvalue weighted by atomic mass is 10.2. The van der Waals surface area contributed by atoms with Crippen LogP contribution in [0.5, 0.6) is 0 Å². The molecule has 1 aliphatic heterocycles. The maximum Gasteiger partial charge on any atom is 0.407 e. The third kappa shape index (κ3) is 1.06. The maximum atomic E-state index is 10.5. The summed E-state index contributed by atoms with van der Waals surface area (Å²) in [7, 11) is 0. The number of piperidine rings is 1. The van der Waals surface area contributed by atoms with Gasteiger partial charge in [0.2, 0.25) is 0 Å². The van der Waals surface area contributed by atoms with Gasteiger partial charge in [-0.3, -0.25) is 0 Å². The first-order chi connectivity index (χ1) is 5.74. The van der Waals surface area contributed by atoms with E-state index in [0.717, 1.165) is 32.0 Å². The van der Waals surface area contributed by atoms with Crippen molar-refractivity contribution in [2.75, 3.05) is 19.6 Å². The summed E-state index contributed by atoms with van der Waals surface area (Å²) in [6, 6.07) is 0. The molecular weight excluding hydrogens is 156 g/mol. The Morgan fingerprint density at radius 1 is 1.50 bits per heavy atom. The minimum atomic E-state index is -0.770. The van der Waals surface area contributed by atoms with Gasteiger partial charge < -0.3 is 15.7 Å². The minimum Gasteiger partial charge on any atom is -0.465 e. The molecule has 2 aliphatic rings. The molecular formula is C8H14N2O2. The van der Waals surface area contributed by atoms with E-state index in [4.69, 9.17) is 10.8 Å². The summed E-state index contributed by atoms with van der Waals surface area (Å²) in [4.78, 5) is 12.0. The van der Waals surface area contributed by atoms with Gasteiger partial charge in [0.15, 0.2) is 0 Å². The third-order valence-electron chi connectivity index (χ3n) is 3.14. The number of hydrogen-bond donors (Lipinski definition) is 2. The predicted molar refractivity (Wildman–Crippen MR) is 43.7 cm³/mol. The van der Waals surface area contributed by atoms with Gasteiger partial charge in [0, 0.05) is 13.1 Å². The Bertz CT molecular complexity index is 195. The lowest BCUT2D eigenvalue weighted by molar-refractivity contribution is 0.148. The smallest absolute Gasteiger partial charge is 0.407 e. The van der Waals surface area contributed by atoms with Crippen molar-refractivity contribution in [3.8, 4) is 0 Å². The fourth-order valence-corrected chi connectivity index (χ4v) is 2.43. The molecule has 2 fully saturated rings. The quantitative estimate of drug-likeness (QED) is 0.621. The fraction of sp³-hybridized carbons (Fsp3) is 0.875. The number of hydrogen-bond acceptors (Lipinski definition) is 2. The van der Waals surface area contributed by atoms with Gasteiger partial charge in [-0.25, -0.2) is 4.79 Å². The van der Waals surface area contributed by atoms with Crippen LogP contribution in [0.25, 0.3) is 0 Å². The Morgan fingerprint density at radius 3 is 2.50 bits per heavy atom. The molecule has 2 unspecified atom stereocenters. The van der Waals surface area contributed by atoms with Gasteiger partial charge in [0.1, 0.15) is 0 Å². The number of nitrogens with zero attached hydrogens (tertiary/aromatic N) is 1. The molecule has 0 aromatic rings. The standard InChI is InChI=1S/C8H14N2O2/c9-2-1-5-6-3-10(8(11)12)4-7(5)6/h5-7H,1-4,9H2,(H,11,12). The normalized spacial score (nSPS) is 38.1. The molecule has 0 aromatic heterocycles. The first-order valence-electron chi connectivity index (χ1n) is 4.42. The molecule has 4 heteroatoms. The van der Waals surface area contributed by atoms with Crippen LogP contribution >= 0.6 is 0 Å². The summed E-state index contributed by atoms with van der Waals surface area (Å²) < 4.78 is 0. The van der Waals surface area contributed by atoms with Gasteiger partial charge in [-0.05, 0) is 30.7 Å². The van der Waals surface area contributed by atoms with Crippen LogP contribution in [-0.4, -0.2) is 35.7 Å². The van der Waals surface area contributed by atoms with Crippen LogP contribution in [-0.2, 0) is 0 Å². The second-order valence-electron chi connectivity index (χ2n) is 3.76. The summed E-state index contributed by atoms with van der Waals surface area (Å²) in [5, 5.41) is 8.67. The Morgan fingerprint density at radius 2 is 2.08 bits per heavy atom. The first-order valence-corrected chi connectivity index (χ1v) is 4.42. The molecule has 0 spiro atoms. The minimum absolute atomic E-state index is 0.629. The molecule has 3 N–H and O–H groups in total. The number of carboxylic acid groups (broad SMARTS) is 1. The molecule has 1 saturated heterocycles. The molecule has 2 rings (SSSR count). The van der Waals surface area contributed by atoms with Crippen LogP contribution in [0.1, 0.15) is 6.42 Å². The Hall–Kier alpha value is -0.770. The zero-order valence-electron chi connectivity index (χ0n) is 6.94. The van der Waals surface area contributed by atoms with E-state index in [1.54, 1.807) is 0 Å². The fourth-order valence-electron chi connectivity index (χ4n) is 2.43. The predicted octanol–water partition coefficient (Wildman–Crippen LogP) is 0.191. The average Bonchev–Trinajstić information content (AvgIpc) is 2.51. The molecule has 1 heterocycles. The molecule has 68 valence electrons. The average molecular weight is 170 g/mol. The highest BCUT2D eigenvalue weighted by atomic mass is 16.4. The highest BCUT2D eigenvalue weighted by Gasteiger charge is 2.55. The second kappa shape index (κ2) is 2.62. The van der Waals surface area contributed by atoms with Crippen LogP contribution < -0.4 is 5.73 Å². The molecule has 1 saturated carbocycles. The van der Waals surface area contributed by atoms with Gasteiger partial charge in [-0.1, -0.05) is 0 Å². The van der Waals surface area contributed by atoms with E-state index in [2.05, 4.69) is 0 Å². The second-order valence-corrected chi connectivity index (χ2v) is 3.76. The zero-order chi connectivity index (χ0) is 8.72. The van der Waals surface area contributed by atoms with Gasteiger partial charge >= 0.3 is 6.09 Å². The molecule has 0 radical (unpaired) electrons. The van der Waals surface area contributed by atoms with Crippen LogP contribution in [0.3, 0.4) is 0 Å². The Labute approximate surface area is 71.3 Å². The van der Waals surface area contributed by atoms with Crippen molar-refractivity contribution in [2.45, 2.75) is 6.42 Å². The number of amides is 1. The molecule has 12 heavy (non-hydrogen) atoms. The molecule has 1 aliphatic carbocycles. The van der Waals surface area contributed by atoms with Gasteiger partial charge in [0.05, 0.1) is 0 Å². The molecule has 0 bridgehead atoms. The van der Waals surface area contributed by atoms with Crippen molar-refractivity contribution >= 4 is 6.09 Å². The number of nitrogens with two attached hydrogens (primary N) is 1. The van der Waals surface area contributed by atoms with E-state index in [9.17, 15) is 4.79 Å². The molecule has 4 nitrogen and oxygen atoms in total. The van der Waals surface area contributed by atoms with Gasteiger partial charge in [-0.2, -0.15) is 0 Å². The molecule has 1 amide bonds. The summed E-state index contributed by atoms with van der Waals surface area (Å²) >= 11 is 0. The summed E-state index contributed by atoms with van der Waals surface area (Å²) in [5.41, 5.74) is 5.44. The van der Waals surface area contributed by atoms with Crippen molar-refractivity contribution < 1.29 is 9.90 Å². The van der Waals surface area contributed by atoms with Crippen molar-refractivity contribution in [1.82, 2.24) is 4.90 Å². The van der Waals surface area contributed by atoms with Crippen LogP contribution in [0, 0.1) is 17.8 Å². The Kier molecular flexibility index (Phi) is 1.72. The van der Waals surface area contributed by atoms with E-state index in [1.807, 2.05) is 0 Å².